The van der Waals surface area contributed by atoms with Gasteiger partial charge in [-0.25, -0.2) is 9.78 Å². The van der Waals surface area contributed by atoms with Crippen molar-refractivity contribution in [3.8, 4) is 5.88 Å². The Labute approximate surface area is 256 Å². The molecule has 3 fully saturated rings. The van der Waals surface area contributed by atoms with E-state index < -0.39 is 12.1 Å². The van der Waals surface area contributed by atoms with Crippen LogP contribution in [0.3, 0.4) is 0 Å². The number of likely N-dealkylation sites (tertiary alicyclic amines) is 1. The number of nitrogens with one attached hydrogen (secondary N) is 1. The molecule has 1 amide bonds. The van der Waals surface area contributed by atoms with Crippen LogP contribution in [0.4, 0.5) is 0 Å². The van der Waals surface area contributed by atoms with Gasteiger partial charge in [-0.2, -0.15) is 0 Å². The van der Waals surface area contributed by atoms with E-state index in [0.29, 0.717) is 31.4 Å². The molecule has 1 aliphatic carbocycles. The van der Waals surface area contributed by atoms with Gasteiger partial charge in [-0.3, -0.25) is 4.79 Å². The van der Waals surface area contributed by atoms with Gasteiger partial charge in [0, 0.05) is 36.9 Å². The lowest BCUT2D eigenvalue weighted by Gasteiger charge is -2.36. The van der Waals surface area contributed by atoms with Gasteiger partial charge in [0.25, 0.3) is 5.91 Å². The molecule has 2 aliphatic heterocycles. The number of nitrogens with zero attached hydrogens (tertiary/aromatic N) is 2. The molecule has 1 saturated carbocycles. The minimum atomic E-state index is -0.759. The minimum Gasteiger partial charge on any atom is -0.481 e. The molecule has 0 spiro atoms. The molecule has 2 saturated heterocycles. The number of rotatable bonds is 10. The first-order chi connectivity index (χ1) is 20.7. The van der Waals surface area contributed by atoms with E-state index in [0.717, 1.165) is 29.5 Å². The van der Waals surface area contributed by atoms with Gasteiger partial charge in [0.05, 0.1) is 19.8 Å². The van der Waals surface area contributed by atoms with Crippen molar-refractivity contribution in [2.45, 2.75) is 110 Å². The summed E-state index contributed by atoms with van der Waals surface area (Å²) in [7, 11) is 1.65. The van der Waals surface area contributed by atoms with Crippen LogP contribution in [0.5, 0.6) is 5.88 Å². The zero-order valence-corrected chi connectivity index (χ0v) is 26.7. The largest absolute Gasteiger partial charge is 0.481 e. The van der Waals surface area contributed by atoms with Crippen molar-refractivity contribution < 1.29 is 23.8 Å². The smallest absolute Gasteiger partial charge is 0.329 e. The number of hydrogen-bond donors (Lipinski definition) is 1. The van der Waals surface area contributed by atoms with Crippen LogP contribution >= 0.6 is 0 Å². The Kier molecular flexibility index (Phi) is 9.76. The summed E-state index contributed by atoms with van der Waals surface area (Å²) in [4.78, 5) is 34.9. The Morgan fingerprint density at radius 2 is 1.86 bits per heavy atom. The lowest BCUT2D eigenvalue weighted by Crippen LogP contribution is -2.50. The van der Waals surface area contributed by atoms with Gasteiger partial charge in [-0.15, -0.1) is 0 Å². The quantitative estimate of drug-likeness (QED) is 0.353. The van der Waals surface area contributed by atoms with Crippen molar-refractivity contribution in [2.75, 3.05) is 20.3 Å². The number of carbonyl (C=O) groups is 2. The molecule has 3 aliphatic rings. The molecular weight excluding hydrogens is 542 g/mol. The summed E-state index contributed by atoms with van der Waals surface area (Å²) < 4.78 is 17.3. The van der Waals surface area contributed by atoms with Crippen LogP contribution in [-0.2, 0) is 32.0 Å². The zero-order chi connectivity index (χ0) is 30.7. The van der Waals surface area contributed by atoms with Crippen LogP contribution in [0.25, 0.3) is 0 Å². The number of aryl methyl sites for hydroxylation is 1. The van der Waals surface area contributed by atoms with Crippen molar-refractivity contribution in [3.05, 3.63) is 58.8 Å². The third kappa shape index (κ3) is 6.32. The van der Waals surface area contributed by atoms with Gasteiger partial charge in [0.15, 0.2) is 0 Å². The first-order valence-electron chi connectivity index (χ1n) is 16.1. The van der Waals surface area contributed by atoms with Gasteiger partial charge in [-0.1, -0.05) is 58.4 Å². The molecule has 0 radical (unpaired) electrons. The van der Waals surface area contributed by atoms with Crippen molar-refractivity contribution in [3.63, 3.8) is 0 Å². The maximum absolute atomic E-state index is 14.4. The highest BCUT2D eigenvalue weighted by Crippen LogP contribution is 2.50. The summed E-state index contributed by atoms with van der Waals surface area (Å²) in [6.07, 6.45) is 7.31. The highest BCUT2D eigenvalue weighted by molar-refractivity contribution is 5.89. The number of esters is 1. The molecule has 2 aromatic rings. The molecule has 0 bridgehead atoms. The van der Waals surface area contributed by atoms with Crippen molar-refractivity contribution in [1.82, 2.24) is 15.2 Å². The molecule has 5 rings (SSSR count). The Bertz CT molecular complexity index is 1280. The number of amides is 1. The van der Waals surface area contributed by atoms with E-state index in [1.54, 1.807) is 7.11 Å². The predicted octanol–water partition coefficient (Wildman–Crippen LogP) is 5.73. The lowest BCUT2D eigenvalue weighted by molar-refractivity contribution is -0.160. The number of methoxy groups -OCH3 is 1. The maximum atomic E-state index is 14.4. The monoisotopic (exact) mass is 591 g/mol. The highest BCUT2D eigenvalue weighted by atomic mass is 16.5. The van der Waals surface area contributed by atoms with Gasteiger partial charge in [-0.05, 0) is 73.1 Å². The molecule has 1 N–H and O–H groups in total. The van der Waals surface area contributed by atoms with Gasteiger partial charge in [0.2, 0.25) is 5.88 Å². The molecule has 1 aromatic carbocycles. The molecule has 8 nitrogen and oxygen atoms in total. The number of hydrogen-bond acceptors (Lipinski definition) is 7. The van der Waals surface area contributed by atoms with Gasteiger partial charge >= 0.3 is 5.97 Å². The average Bonchev–Trinajstić information content (AvgIpc) is 3.62. The Morgan fingerprint density at radius 3 is 2.47 bits per heavy atom. The number of ether oxygens (including phenoxy) is 3. The van der Waals surface area contributed by atoms with E-state index in [1.165, 1.54) is 24.8 Å². The number of carbonyl (C=O) groups excluding carboxylic acids is 2. The van der Waals surface area contributed by atoms with Crippen LogP contribution in [-0.4, -0.2) is 60.3 Å². The molecule has 43 heavy (non-hydrogen) atoms. The highest BCUT2D eigenvalue weighted by Gasteiger charge is 2.59. The van der Waals surface area contributed by atoms with Crippen LogP contribution in [0.15, 0.2) is 36.5 Å². The van der Waals surface area contributed by atoms with Gasteiger partial charge < -0.3 is 24.4 Å². The van der Waals surface area contributed by atoms with Crippen molar-refractivity contribution >= 4 is 11.9 Å². The zero-order valence-electron chi connectivity index (χ0n) is 26.7. The van der Waals surface area contributed by atoms with E-state index in [1.807, 2.05) is 30.2 Å². The topological polar surface area (TPSA) is 90.0 Å². The summed E-state index contributed by atoms with van der Waals surface area (Å²) in [6, 6.07) is 9.13. The number of aromatic nitrogens is 1. The second kappa shape index (κ2) is 13.3. The second-order valence-corrected chi connectivity index (χ2v) is 13.3. The normalized spacial score (nSPS) is 25.9. The summed E-state index contributed by atoms with van der Waals surface area (Å²) in [5.74, 6) is 0.420. The van der Waals surface area contributed by atoms with Gasteiger partial charge in [0.1, 0.15) is 12.1 Å². The molecular formula is C35H49N3O5. The maximum Gasteiger partial charge on any atom is 0.329 e. The Hall–Kier alpha value is -2.97. The van der Waals surface area contributed by atoms with E-state index in [2.05, 4.69) is 56.2 Å². The van der Waals surface area contributed by atoms with Crippen molar-refractivity contribution in [1.29, 1.82) is 0 Å². The fraction of sp³-hybridized carbons (Fsp3) is 0.629. The Balaban J connectivity index is 1.62. The average molecular weight is 592 g/mol. The fourth-order valence-electron chi connectivity index (χ4n) is 7.37. The Morgan fingerprint density at radius 1 is 1.09 bits per heavy atom. The molecule has 5 atom stereocenters. The first-order valence-corrected chi connectivity index (χ1v) is 16.1. The first kappa shape index (κ1) is 31.5. The number of benzene rings is 1. The van der Waals surface area contributed by atoms with E-state index in [9.17, 15) is 9.59 Å². The van der Waals surface area contributed by atoms with Crippen LogP contribution in [0.1, 0.15) is 101 Å². The molecule has 0 unspecified atom stereocenters. The van der Waals surface area contributed by atoms with Crippen molar-refractivity contribution in [2.24, 2.45) is 11.3 Å². The standard InChI is InChI=1S/C35H49N3O5/c1-7-22-13-9-10-16-26(22)30-29(36-21-25-19-24(23-14-11-15-23)20-37-32(25)41-6)28(35(3,4)5)31(34(40)42-8-2)38(30)33(39)27-17-12-18-43-27/h9-10,13,16,19-20,23,27-31,36H,7-8,11-12,14-15,17-18,21H2,1-6H3/t27-,28-,29-,30-,31-/m0/s1. The molecule has 234 valence electrons. The lowest BCUT2D eigenvalue weighted by atomic mass is 9.72. The third-order valence-corrected chi connectivity index (χ3v) is 9.65. The van der Waals surface area contributed by atoms with Crippen LogP contribution in [0.2, 0.25) is 0 Å². The second-order valence-electron chi connectivity index (χ2n) is 13.3. The summed E-state index contributed by atoms with van der Waals surface area (Å²) in [5.41, 5.74) is 4.11. The summed E-state index contributed by atoms with van der Waals surface area (Å²) in [5, 5.41) is 3.87. The third-order valence-electron chi connectivity index (χ3n) is 9.65. The van der Waals surface area contributed by atoms with E-state index in [-0.39, 0.29) is 41.9 Å². The number of pyridine rings is 1. The van der Waals surface area contributed by atoms with E-state index >= 15 is 0 Å². The summed E-state index contributed by atoms with van der Waals surface area (Å²) in [6.45, 7) is 11.7. The van der Waals surface area contributed by atoms with Crippen LogP contribution in [0, 0.1) is 11.3 Å². The molecule has 3 heterocycles. The molecule has 8 heteroatoms. The summed E-state index contributed by atoms with van der Waals surface area (Å²) >= 11 is 0. The van der Waals surface area contributed by atoms with E-state index in [4.69, 9.17) is 14.2 Å². The van der Waals surface area contributed by atoms with Crippen LogP contribution < -0.4 is 10.1 Å². The minimum absolute atomic E-state index is 0.128. The fourth-order valence-corrected chi connectivity index (χ4v) is 7.37. The SMILES string of the molecule is CCOC(=O)[C@@H]1[C@@H](C(C)(C)C)[C@H](NCc2cc(C3CCC3)cnc2OC)[C@H](c2ccccc2CC)N1C(=O)[C@@H]1CCCO1. The predicted molar refractivity (Wildman–Crippen MR) is 166 cm³/mol. The molecule has 1 aromatic heterocycles.